The smallest absolute Gasteiger partial charge is 0.192 e. The summed E-state index contributed by atoms with van der Waals surface area (Å²) >= 11 is 6.09. The third-order valence-corrected chi connectivity index (χ3v) is 3.51. The molecule has 1 aliphatic rings. The maximum absolute atomic E-state index is 6.09. The van der Waals surface area contributed by atoms with Crippen LogP contribution in [0.3, 0.4) is 0 Å². The molecule has 1 aromatic carbocycles. The molecule has 0 saturated heterocycles. The number of halogens is 1. The molecule has 5 heteroatoms. The summed E-state index contributed by atoms with van der Waals surface area (Å²) in [6.07, 6.45) is -0.327. The van der Waals surface area contributed by atoms with Crippen LogP contribution in [0.4, 0.5) is 0 Å². The van der Waals surface area contributed by atoms with Gasteiger partial charge in [-0.25, -0.2) is 9.97 Å². The SMILES string of the molecule is Cc1nc(C2COc3ccccc3O2)nc(Cl)c1C. The van der Waals surface area contributed by atoms with Gasteiger partial charge in [-0.2, -0.15) is 0 Å². The molecule has 1 aliphatic heterocycles. The molecule has 1 aromatic heterocycles. The number of nitrogens with zero attached hydrogens (tertiary/aromatic N) is 2. The Hall–Kier alpha value is -1.81. The van der Waals surface area contributed by atoms with Crippen LogP contribution in [0.15, 0.2) is 24.3 Å². The van der Waals surface area contributed by atoms with Gasteiger partial charge in [-0.05, 0) is 26.0 Å². The fourth-order valence-electron chi connectivity index (χ4n) is 1.91. The summed E-state index contributed by atoms with van der Waals surface area (Å²) in [6, 6.07) is 7.55. The van der Waals surface area contributed by atoms with Gasteiger partial charge < -0.3 is 9.47 Å². The van der Waals surface area contributed by atoms with Crippen molar-refractivity contribution in [1.29, 1.82) is 0 Å². The van der Waals surface area contributed by atoms with Gasteiger partial charge in [0, 0.05) is 11.3 Å². The van der Waals surface area contributed by atoms with E-state index < -0.39 is 0 Å². The standard InChI is InChI=1S/C14H13ClN2O2/c1-8-9(2)16-14(17-13(8)15)12-7-18-10-5-3-4-6-11(10)19-12/h3-6,12H,7H2,1-2H3. The van der Waals surface area contributed by atoms with Crippen molar-refractivity contribution in [3.05, 3.63) is 46.5 Å². The summed E-state index contributed by atoms with van der Waals surface area (Å²) in [5.74, 6) is 2.01. The zero-order valence-electron chi connectivity index (χ0n) is 10.7. The van der Waals surface area contributed by atoms with Crippen LogP contribution in [0, 0.1) is 13.8 Å². The van der Waals surface area contributed by atoms with Crippen LogP contribution in [0.1, 0.15) is 23.2 Å². The second-order valence-electron chi connectivity index (χ2n) is 4.45. The minimum Gasteiger partial charge on any atom is -0.485 e. The number of rotatable bonds is 1. The summed E-state index contributed by atoms with van der Waals surface area (Å²) < 4.78 is 11.5. The van der Waals surface area contributed by atoms with Crippen molar-refractivity contribution in [2.24, 2.45) is 0 Å². The summed E-state index contributed by atoms with van der Waals surface area (Å²) in [6.45, 7) is 4.19. The molecule has 0 saturated carbocycles. The zero-order chi connectivity index (χ0) is 13.4. The molecule has 0 fully saturated rings. The first kappa shape index (κ1) is 12.2. The summed E-state index contributed by atoms with van der Waals surface area (Å²) in [5.41, 5.74) is 1.75. The third kappa shape index (κ3) is 2.24. The predicted octanol–water partition coefficient (Wildman–Crippen LogP) is 3.26. The van der Waals surface area contributed by atoms with Crippen LogP contribution < -0.4 is 9.47 Å². The lowest BCUT2D eigenvalue weighted by molar-refractivity contribution is 0.0849. The number of aryl methyl sites for hydroxylation is 1. The quantitative estimate of drug-likeness (QED) is 0.750. The van der Waals surface area contributed by atoms with Crippen molar-refractivity contribution < 1.29 is 9.47 Å². The Bertz CT molecular complexity index is 608. The normalized spacial score (nSPS) is 17.3. The van der Waals surface area contributed by atoms with Crippen molar-refractivity contribution in [2.75, 3.05) is 6.61 Å². The summed E-state index contributed by atoms with van der Waals surface area (Å²) in [5, 5.41) is 0.463. The number of hydrogen-bond donors (Lipinski definition) is 0. The van der Waals surface area contributed by atoms with Crippen LogP contribution in [-0.4, -0.2) is 16.6 Å². The highest BCUT2D eigenvalue weighted by Crippen LogP contribution is 2.35. The predicted molar refractivity (Wildman–Crippen MR) is 71.8 cm³/mol. The molecule has 0 aliphatic carbocycles. The van der Waals surface area contributed by atoms with Crippen LogP contribution in [0.25, 0.3) is 0 Å². The molecule has 2 heterocycles. The Morgan fingerprint density at radius 3 is 2.63 bits per heavy atom. The highest BCUT2D eigenvalue weighted by atomic mass is 35.5. The highest BCUT2D eigenvalue weighted by Gasteiger charge is 2.25. The van der Waals surface area contributed by atoms with Crippen LogP contribution >= 0.6 is 11.6 Å². The van der Waals surface area contributed by atoms with Crippen molar-refractivity contribution in [1.82, 2.24) is 9.97 Å². The summed E-state index contributed by atoms with van der Waals surface area (Å²) in [7, 11) is 0. The molecule has 0 spiro atoms. The first-order chi connectivity index (χ1) is 9.15. The largest absolute Gasteiger partial charge is 0.485 e. The van der Waals surface area contributed by atoms with Gasteiger partial charge in [-0.1, -0.05) is 23.7 Å². The molecule has 1 atom stereocenters. The number of aromatic nitrogens is 2. The maximum Gasteiger partial charge on any atom is 0.192 e. The average Bonchev–Trinajstić information content (AvgIpc) is 2.43. The lowest BCUT2D eigenvalue weighted by atomic mass is 10.2. The van der Waals surface area contributed by atoms with E-state index in [-0.39, 0.29) is 6.10 Å². The highest BCUT2D eigenvalue weighted by molar-refractivity contribution is 6.30. The van der Waals surface area contributed by atoms with E-state index in [9.17, 15) is 0 Å². The Balaban J connectivity index is 1.93. The van der Waals surface area contributed by atoms with Gasteiger partial charge >= 0.3 is 0 Å². The second-order valence-corrected chi connectivity index (χ2v) is 4.81. The van der Waals surface area contributed by atoms with Crippen molar-refractivity contribution >= 4 is 11.6 Å². The molecule has 0 amide bonds. The average molecular weight is 277 g/mol. The molecule has 0 N–H and O–H groups in total. The molecule has 0 radical (unpaired) electrons. The fourth-order valence-corrected chi connectivity index (χ4v) is 2.13. The molecular formula is C14H13ClN2O2. The lowest BCUT2D eigenvalue weighted by Crippen LogP contribution is -2.24. The Morgan fingerprint density at radius 1 is 1.16 bits per heavy atom. The topological polar surface area (TPSA) is 44.2 Å². The van der Waals surface area contributed by atoms with Crippen LogP contribution in [0.2, 0.25) is 5.15 Å². The Kier molecular flexibility index (Phi) is 3.03. The summed E-state index contributed by atoms with van der Waals surface area (Å²) in [4.78, 5) is 8.71. The molecule has 2 aromatic rings. The molecule has 3 rings (SSSR count). The van der Waals surface area contributed by atoms with Gasteiger partial charge in [0.1, 0.15) is 11.8 Å². The number of ether oxygens (including phenoxy) is 2. The van der Waals surface area contributed by atoms with E-state index in [1.54, 1.807) is 0 Å². The number of benzene rings is 1. The molecular weight excluding hydrogens is 264 g/mol. The number of para-hydroxylation sites is 2. The van der Waals surface area contributed by atoms with E-state index in [1.165, 1.54) is 0 Å². The van der Waals surface area contributed by atoms with E-state index in [0.29, 0.717) is 23.3 Å². The first-order valence-corrected chi connectivity index (χ1v) is 6.42. The van der Waals surface area contributed by atoms with Crippen molar-refractivity contribution in [2.45, 2.75) is 20.0 Å². The Morgan fingerprint density at radius 2 is 1.89 bits per heavy atom. The van der Waals surface area contributed by atoms with Gasteiger partial charge in [0.25, 0.3) is 0 Å². The minimum atomic E-state index is -0.327. The Labute approximate surface area is 116 Å². The first-order valence-electron chi connectivity index (χ1n) is 6.04. The van der Waals surface area contributed by atoms with E-state index in [4.69, 9.17) is 21.1 Å². The lowest BCUT2D eigenvalue weighted by Gasteiger charge is -2.25. The monoisotopic (exact) mass is 276 g/mol. The van der Waals surface area contributed by atoms with Crippen molar-refractivity contribution in [3.63, 3.8) is 0 Å². The van der Waals surface area contributed by atoms with Crippen molar-refractivity contribution in [3.8, 4) is 11.5 Å². The van der Waals surface area contributed by atoms with Gasteiger partial charge in [0.2, 0.25) is 0 Å². The van der Waals surface area contributed by atoms with Gasteiger partial charge in [0.15, 0.2) is 23.4 Å². The molecule has 98 valence electrons. The van der Waals surface area contributed by atoms with E-state index in [2.05, 4.69) is 9.97 Å². The van der Waals surface area contributed by atoms with Gasteiger partial charge in [-0.3, -0.25) is 0 Å². The number of fused-ring (bicyclic) bond motifs is 1. The zero-order valence-corrected chi connectivity index (χ0v) is 11.4. The maximum atomic E-state index is 6.09. The minimum absolute atomic E-state index is 0.327. The molecule has 1 unspecified atom stereocenters. The van der Waals surface area contributed by atoms with Crippen LogP contribution in [0.5, 0.6) is 11.5 Å². The van der Waals surface area contributed by atoms with Gasteiger partial charge in [0.05, 0.1) is 0 Å². The van der Waals surface area contributed by atoms with E-state index in [0.717, 1.165) is 17.0 Å². The molecule has 0 bridgehead atoms. The van der Waals surface area contributed by atoms with E-state index >= 15 is 0 Å². The van der Waals surface area contributed by atoms with Gasteiger partial charge in [-0.15, -0.1) is 0 Å². The molecule has 19 heavy (non-hydrogen) atoms. The number of hydrogen-bond acceptors (Lipinski definition) is 4. The van der Waals surface area contributed by atoms with Crippen LogP contribution in [-0.2, 0) is 0 Å². The fraction of sp³-hybridized carbons (Fsp3) is 0.286. The van der Waals surface area contributed by atoms with E-state index in [1.807, 2.05) is 38.1 Å². The second kappa shape index (κ2) is 4.70. The third-order valence-electron chi connectivity index (χ3n) is 3.14. The molecule has 4 nitrogen and oxygen atoms in total.